The predicted molar refractivity (Wildman–Crippen MR) is 171 cm³/mol. The minimum Gasteiger partial charge on any atom is -0.508 e. The van der Waals surface area contributed by atoms with E-state index in [1.54, 1.807) is 30.3 Å². The van der Waals surface area contributed by atoms with E-state index in [4.69, 9.17) is 12.2 Å². The molecular formula is C33H34FN2O5PS. The van der Waals surface area contributed by atoms with Gasteiger partial charge in [-0.2, -0.15) is 0 Å². The molecule has 1 fully saturated rings. The SMILES string of the molecule is CN1C(=S)N(c2ccccc2)[C@H](c2ccc(-c3ccc(P(=O)(O)O)cc3)cc2O)[C@@]1(C)CCCC(O)c1ccc(F)cc1. The zero-order valence-corrected chi connectivity index (χ0v) is 25.5. The summed E-state index contributed by atoms with van der Waals surface area (Å²) in [6, 6.07) is 26.7. The molecule has 4 N–H and O–H groups in total. The normalized spacial score (nSPS) is 19.6. The third-order valence-corrected chi connectivity index (χ3v) is 9.86. The number of phenols is 1. The Kier molecular flexibility index (Phi) is 8.75. The van der Waals surface area contributed by atoms with E-state index in [0.29, 0.717) is 46.6 Å². The lowest BCUT2D eigenvalue weighted by Gasteiger charge is -2.38. The van der Waals surface area contributed by atoms with E-state index < -0.39 is 19.2 Å². The maximum absolute atomic E-state index is 13.4. The second kappa shape index (κ2) is 12.2. The van der Waals surface area contributed by atoms with Gasteiger partial charge in [-0.15, -0.1) is 0 Å². The summed E-state index contributed by atoms with van der Waals surface area (Å²) < 4.78 is 25.0. The number of hydrogen-bond acceptors (Lipinski definition) is 4. The number of benzene rings is 4. The van der Waals surface area contributed by atoms with Crippen LogP contribution in [0.25, 0.3) is 11.1 Å². The van der Waals surface area contributed by atoms with Crippen molar-refractivity contribution in [1.82, 2.24) is 4.90 Å². The van der Waals surface area contributed by atoms with Crippen LogP contribution in [0.4, 0.5) is 10.1 Å². The molecule has 1 saturated heterocycles. The number of nitrogens with zero attached hydrogens (tertiary/aromatic N) is 2. The number of likely N-dealkylation sites (N-methyl/N-ethyl adjacent to an activating group) is 1. The first kappa shape index (κ1) is 30.9. The number of anilines is 1. The fourth-order valence-electron chi connectivity index (χ4n) is 5.89. The Labute approximate surface area is 256 Å². The first-order valence-electron chi connectivity index (χ1n) is 14.0. The Bertz CT molecular complexity index is 1650. The van der Waals surface area contributed by atoms with Gasteiger partial charge in [0.2, 0.25) is 0 Å². The Morgan fingerprint density at radius 2 is 1.58 bits per heavy atom. The van der Waals surface area contributed by atoms with Gasteiger partial charge in [-0.1, -0.05) is 54.6 Å². The van der Waals surface area contributed by atoms with Gasteiger partial charge in [-0.3, -0.25) is 4.57 Å². The zero-order valence-electron chi connectivity index (χ0n) is 23.8. The summed E-state index contributed by atoms with van der Waals surface area (Å²) in [7, 11) is -2.41. The molecule has 4 aromatic carbocycles. The van der Waals surface area contributed by atoms with Crippen molar-refractivity contribution in [1.29, 1.82) is 0 Å². The number of phenolic OH excluding ortho intramolecular Hbond substituents is 1. The molecule has 7 nitrogen and oxygen atoms in total. The van der Waals surface area contributed by atoms with Crippen LogP contribution >= 0.6 is 19.8 Å². The summed E-state index contributed by atoms with van der Waals surface area (Å²) in [6.45, 7) is 2.10. The quantitative estimate of drug-likeness (QED) is 0.125. The summed E-state index contributed by atoms with van der Waals surface area (Å²) in [5, 5.41) is 22.8. The van der Waals surface area contributed by atoms with Crippen molar-refractivity contribution in [3.63, 3.8) is 0 Å². The maximum atomic E-state index is 13.4. The number of rotatable bonds is 9. The van der Waals surface area contributed by atoms with Crippen molar-refractivity contribution in [2.45, 2.75) is 43.9 Å². The van der Waals surface area contributed by atoms with Crippen LogP contribution in [-0.4, -0.2) is 42.6 Å². The van der Waals surface area contributed by atoms with Crippen molar-refractivity contribution in [3.8, 4) is 16.9 Å². The van der Waals surface area contributed by atoms with Crippen molar-refractivity contribution in [2.24, 2.45) is 0 Å². The Morgan fingerprint density at radius 1 is 0.953 bits per heavy atom. The monoisotopic (exact) mass is 620 g/mol. The lowest BCUT2D eigenvalue weighted by molar-refractivity contribution is 0.146. The first-order valence-corrected chi connectivity index (χ1v) is 16.0. The third kappa shape index (κ3) is 6.23. The summed E-state index contributed by atoms with van der Waals surface area (Å²) >= 11 is 5.97. The van der Waals surface area contributed by atoms with Crippen LogP contribution in [0.3, 0.4) is 0 Å². The minimum atomic E-state index is -4.36. The van der Waals surface area contributed by atoms with E-state index in [9.17, 15) is 29.0 Å². The first-order chi connectivity index (χ1) is 20.4. The van der Waals surface area contributed by atoms with E-state index in [1.807, 2.05) is 49.5 Å². The highest BCUT2D eigenvalue weighted by molar-refractivity contribution is 7.80. The van der Waals surface area contributed by atoms with Crippen LogP contribution < -0.4 is 10.2 Å². The van der Waals surface area contributed by atoms with Gasteiger partial charge in [-0.25, -0.2) is 4.39 Å². The summed E-state index contributed by atoms with van der Waals surface area (Å²) in [5.74, 6) is -0.282. The van der Waals surface area contributed by atoms with Gasteiger partial charge in [0.15, 0.2) is 5.11 Å². The Hall–Kier alpha value is -3.59. The van der Waals surface area contributed by atoms with E-state index in [0.717, 1.165) is 5.69 Å². The van der Waals surface area contributed by atoms with E-state index in [-0.39, 0.29) is 22.9 Å². The fraction of sp³-hybridized carbons (Fsp3) is 0.242. The highest BCUT2D eigenvalue weighted by Gasteiger charge is 2.52. The molecule has 0 aromatic heterocycles. The average Bonchev–Trinajstić information content (AvgIpc) is 3.18. The van der Waals surface area contributed by atoms with E-state index in [2.05, 4.69) is 16.7 Å². The van der Waals surface area contributed by atoms with Gasteiger partial charge in [-0.05, 0) is 97.6 Å². The Balaban J connectivity index is 1.48. The average molecular weight is 621 g/mol. The van der Waals surface area contributed by atoms with Gasteiger partial charge >= 0.3 is 7.60 Å². The van der Waals surface area contributed by atoms with Crippen LogP contribution in [0.2, 0.25) is 0 Å². The second-order valence-electron chi connectivity index (χ2n) is 11.1. The predicted octanol–water partition coefficient (Wildman–Crippen LogP) is 6.44. The molecule has 0 amide bonds. The number of hydrogen-bond donors (Lipinski definition) is 4. The maximum Gasteiger partial charge on any atom is 0.356 e. The number of thiocarbonyl (C=S) groups is 1. The molecule has 0 spiro atoms. The molecule has 5 rings (SSSR count). The molecule has 0 bridgehead atoms. The summed E-state index contributed by atoms with van der Waals surface area (Å²) in [4.78, 5) is 23.0. The van der Waals surface area contributed by atoms with Gasteiger partial charge < -0.3 is 29.8 Å². The number of aliphatic hydroxyl groups excluding tert-OH is 1. The third-order valence-electron chi connectivity index (χ3n) is 8.42. The van der Waals surface area contributed by atoms with Crippen LogP contribution in [0.15, 0.2) is 97.1 Å². The topological polar surface area (TPSA) is 104 Å². The lowest BCUT2D eigenvalue weighted by Crippen LogP contribution is -2.43. The Morgan fingerprint density at radius 3 is 2.19 bits per heavy atom. The number of aromatic hydroxyl groups is 1. The highest BCUT2D eigenvalue weighted by atomic mass is 32.1. The van der Waals surface area contributed by atoms with Gasteiger partial charge in [0.1, 0.15) is 11.6 Å². The summed E-state index contributed by atoms with van der Waals surface area (Å²) in [5.41, 5.74) is 3.05. The molecule has 1 unspecified atom stereocenters. The van der Waals surface area contributed by atoms with E-state index in [1.165, 1.54) is 24.3 Å². The largest absolute Gasteiger partial charge is 0.508 e. The molecule has 0 radical (unpaired) electrons. The molecule has 43 heavy (non-hydrogen) atoms. The van der Waals surface area contributed by atoms with Crippen molar-refractivity contribution >= 4 is 35.9 Å². The second-order valence-corrected chi connectivity index (χ2v) is 13.1. The molecule has 1 heterocycles. The van der Waals surface area contributed by atoms with Crippen molar-refractivity contribution in [3.05, 3.63) is 114 Å². The number of halogens is 1. The van der Waals surface area contributed by atoms with E-state index >= 15 is 0 Å². The number of para-hydroxylation sites is 1. The molecule has 0 saturated carbocycles. The van der Waals surface area contributed by atoms with Gasteiger partial charge in [0.25, 0.3) is 0 Å². The van der Waals surface area contributed by atoms with Crippen LogP contribution in [0, 0.1) is 5.82 Å². The molecule has 10 heteroatoms. The minimum absolute atomic E-state index is 0.0677. The molecule has 1 aliphatic heterocycles. The highest BCUT2D eigenvalue weighted by Crippen LogP contribution is 2.50. The zero-order chi connectivity index (χ0) is 30.9. The van der Waals surface area contributed by atoms with Crippen molar-refractivity contribution in [2.75, 3.05) is 11.9 Å². The van der Waals surface area contributed by atoms with Crippen LogP contribution in [-0.2, 0) is 4.57 Å². The van der Waals surface area contributed by atoms with Crippen LogP contribution in [0.1, 0.15) is 49.5 Å². The number of aliphatic hydroxyl groups is 1. The lowest BCUT2D eigenvalue weighted by atomic mass is 9.81. The molecular weight excluding hydrogens is 586 g/mol. The summed E-state index contributed by atoms with van der Waals surface area (Å²) in [6.07, 6.45) is 1.01. The van der Waals surface area contributed by atoms with Crippen molar-refractivity contribution < 1.29 is 29.0 Å². The molecule has 3 atom stereocenters. The van der Waals surface area contributed by atoms with Crippen LogP contribution in [0.5, 0.6) is 5.75 Å². The molecule has 1 aliphatic rings. The molecule has 224 valence electrons. The fourth-order valence-corrected chi connectivity index (χ4v) is 6.84. The smallest absolute Gasteiger partial charge is 0.356 e. The molecule has 4 aromatic rings. The standard InChI is InChI=1S/C33H34FN2O5PS/c1-33(20-6-9-29(37)23-10-15-25(34)16-11-23)31(36(32(43)35(33)2)26-7-4-3-5-8-26)28-19-14-24(21-30(28)38)22-12-17-27(18-13-22)42(39,40)41/h3-5,7-8,10-19,21,29,31,37-38H,6,9,20H2,1-2H3,(H2,39,40,41)/t29?,31-,33-/m1/s1. The van der Waals surface area contributed by atoms with Gasteiger partial charge in [0, 0.05) is 18.3 Å². The van der Waals surface area contributed by atoms with Gasteiger partial charge in [0.05, 0.1) is 23.0 Å². The molecule has 0 aliphatic carbocycles.